The summed E-state index contributed by atoms with van der Waals surface area (Å²) in [6, 6.07) is 4.05. The summed E-state index contributed by atoms with van der Waals surface area (Å²) < 4.78 is 14.6. The third-order valence-corrected chi connectivity index (χ3v) is 4.41. The van der Waals surface area contributed by atoms with Crippen molar-refractivity contribution >= 4 is 28.2 Å². The van der Waals surface area contributed by atoms with E-state index in [9.17, 15) is 4.39 Å². The lowest BCUT2D eigenvalue weighted by molar-refractivity contribution is 0.616. The summed E-state index contributed by atoms with van der Waals surface area (Å²) in [6.45, 7) is 8.67. The molecule has 3 aromatic rings. The summed E-state index contributed by atoms with van der Waals surface area (Å²) in [5.41, 5.74) is 1.20. The molecule has 0 amide bonds. The number of H-pyrrole nitrogens is 1. The minimum Gasteiger partial charge on any atom is -0.364 e. The highest BCUT2D eigenvalue weighted by Gasteiger charge is 2.17. The number of hydrogen-bond acceptors (Lipinski definition) is 4. The van der Waals surface area contributed by atoms with Crippen molar-refractivity contribution in [3.63, 3.8) is 0 Å². The van der Waals surface area contributed by atoms with Crippen LogP contribution in [0.25, 0.3) is 11.0 Å². The Hall–Kier alpha value is -1.95. The molecule has 4 nitrogen and oxygen atoms in total. The van der Waals surface area contributed by atoms with Gasteiger partial charge in [0.05, 0.1) is 17.6 Å². The molecule has 0 aromatic carbocycles. The molecule has 0 saturated carbocycles. The number of rotatable bonds is 6. The lowest BCUT2D eigenvalue weighted by Crippen LogP contribution is -2.04. The van der Waals surface area contributed by atoms with Crippen LogP contribution in [0.3, 0.4) is 0 Å². The fourth-order valence-corrected chi connectivity index (χ4v) is 3.09. The highest BCUT2D eigenvalue weighted by Crippen LogP contribution is 2.27. The molecular formula is C18H25FN4S. The number of fused-ring (bicyclic) bond motifs is 1. The molecule has 0 unspecified atom stereocenters. The fourth-order valence-electron chi connectivity index (χ4n) is 2.45. The molecule has 0 atom stereocenters. The first-order valence-electron chi connectivity index (χ1n) is 8.56. The van der Waals surface area contributed by atoms with Crippen molar-refractivity contribution in [3.05, 3.63) is 39.7 Å². The lowest BCUT2D eigenvalue weighted by atomic mass is 10.2. The Morgan fingerprint density at radius 2 is 2.04 bits per heavy atom. The van der Waals surface area contributed by atoms with Crippen LogP contribution in [-0.4, -0.2) is 15.0 Å². The van der Waals surface area contributed by atoms with Gasteiger partial charge in [0.2, 0.25) is 0 Å². The summed E-state index contributed by atoms with van der Waals surface area (Å²) in [5.74, 6) is 1.06. The zero-order chi connectivity index (χ0) is 17.5. The van der Waals surface area contributed by atoms with Crippen LogP contribution in [0.15, 0.2) is 17.5 Å². The monoisotopic (exact) mass is 348 g/mol. The molecule has 0 aliphatic heterocycles. The number of aryl methyl sites for hydroxylation is 2. The molecular weight excluding hydrogens is 323 g/mol. The van der Waals surface area contributed by atoms with Crippen molar-refractivity contribution in [2.24, 2.45) is 0 Å². The Balaban J connectivity index is 0.00000100. The SMILES string of the molecule is CC.CCCc1[nH]c2nc(CC)nc(NCc3cccs3)c2c1F. The van der Waals surface area contributed by atoms with Crippen molar-refractivity contribution in [3.8, 4) is 0 Å². The molecule has 0 bridgehead atoms. The standard InChI is InChI=1S/C16H19FN4S.C2H6/c1-3-6-11-14(17)13-15(18-9-10-7-5-8-22-10)20-12(4-2)21-16(13)19-11;1-2/h5,7-8H,3-4,6,9H2,1-2H3,(H2,18,19,20,21);1-2H3. The lowest BCUT2D eigenvalue weighted by Gasteiger charge is -2.07. The summed E-state index contributed by atoms with van der Waals surface area (Å²) in [4.78, 5) is 13.2. The predicted octanol–water partition coefficient (Wildman–Crippen LogP) is 5.31. The smallest absolute Gasteiger partial charge is 0.157 e. The summed E-state index contributed by atoms with van der Waals surface area (Å²) in [5, 5.41) is 5.76. The van der Waals surface area contributed by atoms with Crippen LogP contribution in [0, 0.1) is 5.82 Å². The molecule has 3 aromatic heterocycles. The van der Waals surface area contributed by atoms with Crippen molar-refractivity contribution in [2.75, 3.05) is 5.32 Å². The molecule has 6 heteroatoms. The van der Waals surface area contributed by atoms with E-state index in [0.717, 1.165) is 6.42 Å². The second-order valence-corrected chi connectivity index (χ2v) is 6.20. The van der Waals surface area contributed by atoms with Crippen LogP contribution in [0.5, 0.6) is 0 Å². The van der Waals surface area contributed by atoms with Crippen molar-refractivity contribution in [2.45, 2.75) is 53.5 Å². The first-order chi connectivity index (χ1) is 11.7. The van der Waals surface area contributed by atoms with Gasteiger partial charge >= 0.3 is 0 Å². The Bertz CT molecular complexity index is 765. The maximum atomic E-state index is 14.6. The van der Waals surface area contributed by atoms with E-state index in [-0.39, 0.29) is 5.82 Å². The molecule has 0 saturated heterocycles. The molecule has 0 fully saturated rings. The van der Waals surface area contributed by atoms with Gasteiger partial charge in [-0.15, -0.1) is 11.3 Å². The van der Waals surface area contributed by atoms with E-state index in [0.29, 0.717) is 47.8 Å². The summed E-state index contributed by atoms with van der Waals surface area (Å²) in [6.07, 6.45) is 2.27. The van der Waals surface area contributed by atoms with Gasteiger partial charge in [0.25, 0.3) is 0 Å². The fraction of sp³-hybridized carbons (Fsp3) is 0.444. The second-order valence-electron chi connectivity index (χ2n) is 5.17. The maximum absolute atomic E-state index is 14.6. The summed E-state index contributed by atoms with van der Waals surface area (Å²) in [7, 11) is 0. The molecule has 130 valence electrons. The molecule has 3 heterocycles. The van der Waals surface area contributed by atoms with E-state index in [1.165, 1.54) is 4.88 Å². The largest absolute Gasteiger partial charge is 0.364 e. The van der Waals surface area contributed by atoms with Crippen LogP contribution in [0.4, 0.5) is 10.2 Å². The zero-order valence-corrected chi connectivity index (χ0v) is 15.6. The van der Waals surface area contributed by atoms with E-state index >= 15 is 0 Å². The molecule has 0 aliphatic rings. The Labute approximate surface area is 146 Å². The van der Waals surface area contributed by atoms with Gasteiger partial charge in [-0.05, 0) is 17.9 Å². The van der Waals surface area contributed by atoms with E-state index in [1.807, 2.05) is 45.2 Å². The number of nitrogens with one attached hydrogen (secondary N) is 2. The van der Waals surface area contributed by atoms with Gasteiger partial charge in [-0.3, -0.25) is 0 Å². The van der Waals surface area contributed by atoms with E-state index < -0.39 is 0 Å². The van der Waals surface area contributed by atoms with Crippen molar-refractivity contribution < 1.29 is 4.39 Å². The highest BCUT2D eigenvalue weighted by atomic mass is 32.1. The van der Waals surface area contributed by atoms with Crippen LogP contribution in [0.1, 0.15) is 50.5 Å². The zero-order valence-electron chi connectivity index (χ0n) is 14.7. The average molecular weight is 348 g/mol. The number of aromatic amines is 1. The van der Waals surface area contributed by atoms with Gasteiger partial charge in [-0.25, -0.2) is 14.4 Å². The Kier molecular flexibility index (Phi) is 6.73. The number of anilines is 1. The number of aromatic nitrogens is 3. The number of thiophene rings is 1. The van der Waals surface area contributed by atoms with Crippen molar-refractivity contribution in [1.82, 2.24) is 15.0 Å². The van der Waals surface area contributed by atoms with Crippen LogP contribution >= 0.6 is 11.3 Å². The molecule has 0 radical (unpaired) electrons. The number of nitrogens with zero attached hydrogens (tertiary/aromatic N) is 2. The normalized spacial score (nSPS) is 10.5. The van der Waals surface area contributed by atoms with Gasteiger partial charge in [0, 0.05) is 11.3 Å². The van der Waals surface area contributed by atoms with Gasteiger partial charge in [0.1, 0.15) is 17.3 Å². The average Bonchev–Trinajstić information content (AvgIpc) is 3.23. The van der Waals surface area contributed by atoms with E-state index in [4.69, 9.17) is 0 Å². The Morgan fingerprint density at radius 3 is 2.67 bits per heavy atom. The predicted molar refractivity (Wildman–Crippen MR) is 100 cm³/mol. The minimum atomic E-state index is -0.229. The van der Waals surface area contributed by atoms with Crippen LogP contribution < -0.4 is 5.32 Å². The third kappa shape index (κ3) is 3.93. The minimum absolute atomic E-state index is 0.229. The van der Waals surface area contributed by atoms with Gasteiger partial charge in [-0.1, -0.05) is 40.2 Å². The van der Waals surface area contributed by atoms with E-state index in [1.54, 1.807) is 11.3 Å². The second kappa shape index (κ2) is 8.78. The van der Waals surface area contributed by atoms with Crippen molar-refractivity contribution in [1.29, 1.82) is 0 Å². The third-order valence-electron chi connectivity index (χ3n) is 3.54. The molecule has 2 N–H and O–H groups in total. The maximum Gasteiger partial charge on any atom is 0.157 e. The van der Waals surface area contributed by atoms with E-state index in [2.05, 4.69) is 20.3 Å². The Morgan fingerprint density at radius 1 is 1.25 bits per heavy atom. The molecule has 0 aliphatic carbocycles. The first-order valence-corrected chi connectivity index (χ1v) is 9.44. The van der Waals surface area contributed by atoms with Gasteiger partial charge in [0.15, 0.2) is 5.82 Å². The van der Waals surface area contributed by atoms with Crippen LogP contribution in [-0.2, 0) is 19.4 Å². The van der Waals surface area contributed by atoms with Gasteiger partial charge < -0.3 is 10.3 Å². The summed E-state index contributed by atoms with van der Waals surface area (Å²) >= 11 is 1.67. The number of halogens is 1. The molecule has 0 spiro atoms. The molecule has 3 rings (SSSR count). The molecule has 24 heavy (non-hydrogen) atoms. The number of hydrogen-bond donors (Lipinski definition) is 2. The first kappa shape index (κ1) is 18.4. The van der Waals surface area contributed by atoms with Crippen LogP contribution in [0.2, 0.25) is 0 Å². The van der Waals surface area contributed by atoms with Gasteiger partial charge in [-0.2, -0.15) is 0 Å². The topological polar surface area (TPSA) is 53.6 Å². The quantitative estimate of drug-likeness (QED) is 0.634. The highest BCUT2D eigenvalue weighted by molar-refractivity contribution is 7.09.